The Labute approximate surface area is 123 Å². The highest BCUT2D eigenvalue weighted by Gasteiger charge is 2.30. The van der Waals surface area contributed by atoms with E-state index in [2.05, 4.69) is 31.0 Å². The van der Waals surface area contributed by atoms with Crippen LogP contribution >= 0.6 is 0 Å². The lowest BCUT2D eigenvalue weighted by Crippen LogP contribution is -2.61. The zero-order valence-electron chi connectivity index (χ0n) is 13.6. The van der Waals surface area contributed by atoms with Crippen LogP contribution in [0.15, 0.2) is 0 Å². The standard InChI is InChI=1S/C15H32N2O3/c1-5-14-12-16-15(2,3)13-17(14)6-7-19-10-11-20-9-8-18-4/h14,16H,5-13H2,1-4H3. The molecule has 20 heavy (non-hydrogen) atoms. The van der Waals surface area contributed by atoms with Gasteiger partial charge >= 0.3 is 0 Å². The van der Waals surface area contributed by atoms with Gasteiger partial charge in [0.2, 0.25) is 0 Å². The number of nitrogens with zero attached hydrogens (tertiary/aromatic N) is 1. The van der Waals surface area contributed by atoms with Crippen molar-refractivity contribution in [3.63, 3.8) is 0 Å². The first kappa shape index (κ1) is 17.9. The van der Waals surface area contributed by atoms with Crippen LogP contribution in [0.2, 0.25) is 0 Å². The van der Waals surface area contributed by atoms with Crippen molar-refractivity contribution in [1.29, 1.82) is 0 Å². The van der Waals surface area contributed by atoms with Gasteiger partial charge in [-0.3, -0.25) is 4.90 Å². The maximum absolute atomic E-state index is 5.65. The summed E-state index contributed by atoms with van der Waals surface area (Å²) < 4.78 is 15.9. The highest BCUT2D eigenvalue weighted by atomic mass is 16.5. The number of piperazine rings is 1. The third kappa shape index (κ3) is 6.99. The molecule has 0 aromatic rings. The summed E-state index contributed by atoms with van der Waals surface area (Å²) in [5, 5.41) is 3.61. The molecule has 5 heteroatoms. The summed E-state index contributed by atoms with van der Waals surface area (Å²) in [5.74, 6) is 0. The van der Waals surface area contributed by atoms with Crippen LogP contribution in [0.1, 0.15) is 27.2 Å². The van der Waals surface area contributed by atoms with E-state index in [0.29, 0.717) is 32.5 Å². The highest BCUT2D eigenvalue weighted by Crippen LogP contribution is 2.16. The molecule has 0 aliphatic carbocycles. The zero-order valence-corrected chi connectivity index (χ0v) is 13.6. The van der Waals surface area contributed by atoms with Gasteiger partial charge in [-0.15, -0.1) is 0 Å². The molecular weight excluding hydrogens is 256 g/mol. The minimum Gasteiger partial charge on any atom is -0.382 e. The van der Waals surface area contributed by atoms with Crippen LogP contribution in [0.4, 0.5) is 0 Å². The van der Waals surface area contributed by atoms with Gasteiger partial charge in [0.15, 0.2) is 0 Å². The summed E-state index contributed by atoms with van der Waals surface area (Å²) in [5.41, 5.74) is 0.203. The van der Waals surface area contributed by atoms with E-state index in [-0.39, 0.29) is 5.54 Å². The van der Waals surface area contributed by atoms with Crippen LogP contribution in [0.25, 0.3) is 0 Å². The molecule has 1 heterocycles. The van der Waals surface area contributed by atoms with E-state index in [1.54, 1.807) is 7.11 Å². The molecule has 1 unspecified atom stereocenters. The van der Waals surface area contributed by atoms with Crippen LogP contribution < -0.4 is 5.32 Å². The van der Waals surface area contributed by atoms with Gasteiger partial charge in [-0.1, -0.05) is 6.92 Å². The second-order valence-electron chi connectivity index (χ2n) is 6.01. The summed E-state index contributed by atoms with van der Waals surface area (Å²) in [4.78, 5) is 2.54. The quantitative estimate of drug-likeness (QED) is 0.610. The molecule has 0 bridgehead atoms. The lowest BCUT2D eigenvalue weighted by Gasteiger charge is -2.44. The van der Waals surface area contributed by atoms with E-state index in [1.807, 2.05) is 0 Å². The normalized spacial score (nSPS) is 23.1. The van der Waals surface area contributed by atoms with E-state index >= 15 is 0 Å². The largest absolute Gasteiger partial charge is 0.382 e. The average Bonchev–Trinajstić information content (AvgIpc) is 2.41. The van der Waals surface area contributed by atoms with Crippen LogP contribution in [0.5, 0.6) is 0 Å². The van der Waals surface area contributed by atoms with Crippen molar-refractivity contribution >= 4 is 0 Å². The fraction of sp³-hybridized carbons (Fsp3) is 1.00. The Kier molecular flexibility index (Phi) is 8.64. The molecule has 0 spiro atoms. The summed E-state index contributed by atoms with van der Waals surface area (Å²) in [6.45, 7) is 13.3. The molecular formula is C15H32N2O3. The Balaban J connectivity index is 2.09. The number of nitrogens with one attached hydrogen (secondary N) is 1. The number of rotatable bonds is 10. The number of methoxy groups -OCH3 is 1. The summed E-state index contributed by atoms with van der Waals surface area (Å²) >= 11 is 0. The summed E-state index contributed by atoms with van der Waals surface area (Å²) in [6.07, 6.45) is 1.18. The Hall–Kier alpha value is -0.200. The first-order valence-corrected chi connectivity index (χ1v) is 7.72. The molecule has 1 saturated heterocycles. The SMILES string of the molecule is CCC1CNC(C)(C)CN1CCOCCOCCOC. The Morgan fingerprint density at radius 2 is 1.75 bits per heavy atom. The molecule has 1 N–H and O–H groups in total. The van der Waals surface area contributed by atoms with Crippen LogP contribution in [0.3, 0.4) is 0 Å². The molecule has 0 aromatic heterocycles. The van der Waals surface area contributed by atoms with Gasteiger partial charge < -0.3 is 19.5 Å². The van der Waals surface area contributed by atoms with E-state index < -0.39 is 0 Å². The monoisotopic (exact) mass is 288 g/mol. The molecule has 1 rings (SSSR count). The highest BCUT2D eigenvalue weighted by molar-refractivity contribution is 4.91. The predicted octanol–water partition coefficient (Wildman–Crippen LogP) is 1.13. The van der Waals surface area contributed by atoms with Gasteiger partial charge in [0.05, 0.1) is 33.0 Å². The average molecular weight is 288 g/mol. The minimum absolute atomic E-state index is 0.203. The molecule has 0 amide bonds. The number of ether oxygens (including phenoxy) is 3. The van der Waals surface area contributed by atoms with Crippen molar-refractivity contribution in [2.75, 3.05) is 59.8 Å². The van der Waals surface area contributed by atoms with E-state index in [1.165, 1.54) is 6.42 Å². The molecule has 0 radical (unpaired) electrons. The van der Waals surface area contributed by atoms with Crippen LogP contribution in [-0.2, 0) is 14.2 Å². The molecule has 1 fully saturated rings. The topological polar surface area (TPSA) is 43.0 Å². The first-order chi connectivity index (χ1) is 9.59. The lowest BCUT2D eigenvalue weighted by atomic mass is 9.98. The Bertz CT molecular complexity index is 249. The molecule has 120 valence electrons. The first-order valence-electron chi connectivity index (χ1n) is 7.72. The van der Waals surface area contributed by atoms with Gasteiger partial charge in [-0.2, -0.15) is 0 Å². The molecule has 0 saturated carbocycles. The lowest BCUT2D eigenvalue weighted by molar-refractivity contribution is 0.00846. The van der Waals surface area contributed by atoms with Crippen molar-refractivity contribution in [2.24, 2.45) is 0 Å². The third-order valence-corrected chi connectivity index (χ3v) is 3.73. The molecule has 1 aliphatic heterocycles. The van der Waals surface area contributed by atoms with E-state index in [9.17, 15) is 0 Å². The van der Waals surface area contributed by atoms with Crippen molar-refractivity contribution in [1.82, 2.24) is 10.2 Å². The van der Waals surface area contributed by atoms with Gasteiger partial charge in [-0.05, 0) is 20.3 Å². The molecule has 5 nitrogen and oxygen atoms in total. The summed E-state index contributed by atoms with van der Waals surface area (Å²) in [6, 6.07) is 0.629. The predicted molar refractivity (Wildman–Crippen MR) is 81.2 cm³/mol. The fourth-order valence-corrected chi connectivity index (χ4v) is 2.53. The Morgan fingerprint density at radius 3 is 2.40 bits per heavy atom. The molecule has 1 atom stereocenters. The van der Waals surface area contributed by atoms with Crippen molar-refractivity contribution in [3.8, 4) is 0 Å². The molecule has 1 aliphatic rings. The van der Waals surface area contributed by atoms with Gasteiger partial charge in [0.25, 0.3) is 0 Å². The smallest absolute Gasteiger partial charge is 0.0701 e. The minimum atomic E-state index is 0.203. The zero-order chi connectivity index (χ0) is 14.8. The van der Waals surface area contributed by atoms with Crippen molar-refractivity contribution in [2.45, 2.75) is 38.8 Å². The number of hydrogen-bond acceptors (Lipinski definition) is 5. The van der Waals surface area contributed by atoms with E-state index in [4.69, 9.17) is 14.2 Å². The van der Waals surface area contributed by atoms with Gasteiger partial charge in [-0.25, -0.2) is 0 Å². The maximum Gasteiger partial charge on any atom is 0.0701 e. The second kappa shape index (κ2) is 9.68. The van der Waals surface area contributed by atoms with Crippen LogP contribution in [0, 0.1) is 0 Å². The maximum atomic E-state index is 5.65. The Morgan fingerprint density at radius 1 is 1.10 bits per heavy atom. The van der Waals surface area contributed by atoms with Crippen molar-refractivity contribution < 1.29 is 14.2 Å². The molecule has 0 aromatic carbocycles. The van der Waals surface area contributed by atoms with Gasteiger partial charge in [0, 0.05) is 38.3 Å². The third-order valence-electron chi connectivity index (χ3n) is 3.73. The van der Waals surface area contributed by atoms with E-state index in [0.717, 1.165) is 26.2 Å². The second-order valence-corrected chi connectivity index (χ2v) is 6.01. The van der Waals surface area contributed by atoms with Crippen molar-refractivity contribution in [3.05, 3.63) is 0 Å². The van der Waals surface area contributed by atoms with Gasteiger partial charge in [0.1, 0.15) is 0 Å². The fourth-order valence-electron chi connectivity index (χ4n) is 2.53. The van der Waals surface area contributed by atoms with Crippen LogP contribution in [-0.4, -0.2) is 76.3 Å². The number of hydrogen-bond donors (Lipinski definition) is 1. The summed E-state index contributed by atoms with van der Waals surface area (Å²) in [7, 11) is 1.68.